The van der Waals surface area contributed by atoms with E-state index in [1.165, 1.54) is 0 Å². The first-order chi connectivity index (χ1) is 27.4. The van der Waals surface area contributed by atoms with E-state index in [0.29, 0.717) is 25.2 Å². The van der Waals surface area contributed by atoms with E-state index in [1.54, 1.807) is 6.08 Å². The third kappa shape index (κ3) is 7.57. The quantitative estimate of drug-likeness (QED) is 0.184. The fourth-order valence-electron chi connectivity index (χ4n) is 13.5. The molecule has 59 heavy (non-hydrogen) atoms. The molecule has 0 amide bonds. The number of carbonyl (C=O) groups excluding carboxylic acids is 1. The van der Waals surface area contributed by atoms with Gasteiger partial charge in [-0.1, -0.05) is 21.3 Å². The molecule has 9 rings (SSSR count). The number of fused-ring (bicyclic) bond motifs is 6. The number of hydrogen-bond acceptors (Lipinski definition) is 15. The van der Waals surface area contributed by atoms with Gasteiger partial charge in [-0.15, -0.1) is 0 Å². The topological polar surface area (TPSA) is 201 Å². The summed E-state index contributed by atoms with van der Waals surface area (Å²) in [6.45, 7) is 12.0. The first-order valence-corrected chi connectivity index (χ1v) is 22.0. The maximum atomic E-state index is 12.6. The van der Waals surface area contributed by atoms with Crippen molar-refractivity contribution in [1.82, 2.24) is 0 Å². The Balaban J connectivity index is 0.00000484. The molecule has 9 aliphatic rings. The zero-order valence-electron chi connectivity index (χ0n) is 34.8. The van der Waals surface area contributed by atoms with Gasteiger partial charge in [0, 0.05) is 30.8 Å². The highest BCUT2D eigenvalue weighted by Gasteiger charge is 2.71. The molecule has 8 fully saturated rings. The van der Waals surface area contributed by atoms with Crippen molar-refractivity contribution in [2.45, 2.75) is 217 Å². The van der Waals surface area contributed by atoms with Gasteiger partial charge in [-0.05, 0) is 114 Å². The SMILES string of the molecule is C.C[C@H]1O[C@@H](O[C@H]2[C@@H](O)C[C@H](O[C@H]3[C@@H](O)C[C@H](O[C@H]4CC[C@@]5(C)[C@H](CC[C@@H]6[C@@H]5C[C@@H](O)[C@]5(C)[C@@H](C7=CC(=O)OC7)CC[C@]65O)C4)O[C@@H]3C)O[C@@H]2O)C[C@@H]2OC(C)(C)O[C@@H]21. The van der Waals surface area contributed by atoms with Gasteiger partial charge in [0.1, 0.15) is 24.9 Å². The highest BCUT2D eigenvalue weighted by molar-refractivity contribution is 5.85. The van der Waals surface area contributed by atoms with E-state index in [9.17, 15) is 30.3 Å². The molecule has 21 atom stereocenters. The maximum absolute atomic E-state index is 12.6. The van der Waals surface area contributed by atoms with E-state index in [1.807, 2.05) is 34.6 Å². The minimum Gasteiger partial charge on any atom is -0.458 e. The van der Waals surface area contributed by atoms with Crippen molar-refractivity contribution < 1.29 is 73.0 Å². The average Bonchev–Trinajstić information content (AvgIpc) is 3.80. The zero-order chi connectivity index (χ0) is 41.1. The van der Waals surface area contributed by atoms with Crippen LogP contribution < -0.4 is 0 Å². The van der Waals surface area contributed by atoms with Crippen LogP contribution in [0.1, 0.15) is 120 Å². The molecule has 0 unspecified atom stereocenters. The molecular formula is C44H70O15. The van der Waals surface area contributed by atoms with Gasteiger partial charge in [0.25, 0.3) is 0 Å². The van der Waals surface area contributed by atoms with E-state index >= 15 is 0 Å². The number of cyclic esters (lactones) is 1. The molecule has 0 aromatic carbocycles. The van der Waals surface area contributed by atoms with Crippen LogP contribution in [0.2, 0.25) is 0 Å². The standard InChI is InChI=1S/C43H66O15.CH4/c1-20-36(54-34-17-29(45)38(39(48)56-34)55-35-18-30-37(21(2)52-35)58-40(3,4)57-30)28(44)16-33(51-20)53-24-9-11-41(5)23(14-24)7-8-26-27(41)15-31(46)42(6)25(10-12-43(26,42)49)22-13-32(47)50-19-22;/h13,20-21,23-31,33-39,44-46,48-49H,7-12,14-19H2,1-6H3;1H4/t20-,21-,23-,24+,25-,26-,27+,28+,29+,30+,31-,33+,34-,35+,36-,37-,38+,39+,41+,42+,43+;/m1./s1. The first-order valence-electron chi connectivity index (χ1n) is 22.0. The smallest absolute Gasteiger partial charge is 0.331 e. The van der Waals surface area contributed by atoms with Crippen molar-refractivity contribution in [2.75, 3.05) is 6.61 Å². The lowest BCUT2D eigenvalue weighted by molar-refractivity contribution is -0.364. The van der Waals surface area contributed by atoms with E-state index in [0.717, 1.165) is 44.1 Å². The Labute approximate surface area is 348 Å². The lowest BCUT2D eigenvalue weighted by atomic mass is 9.42. The molecule has 0 aromatic heterocycles. The van der Waals surface area contributed by atoms with Crippen molar-refractivity contribution in [3.63, 3.8) is 0 Å². The lowest BCUT2D eigenvalue weighted by Gasteiger charge is -2.65. The fourth-order valence-corrected chi connectivity index (χ4v) is 13.5. The molecule has 5 N–H and O–H groups in total. The van der Waals surface area contributed by atoms with E-state index < -0.39 is 78.6 Å². The first kappa shape index (κ1) is 44.3. The normalized spacial score (nSPS) is 54.2. The van der Waals surface area contributed by atoms with Gasteiger partial charge in [0.15, 0.2) is 30.9 Å². The molecule has 336 valence electrons. The number of aliphatic hydroxyl groups is 5. The van der Waals surface area contributed by atoms with Crippen LogP contribution in [0.15, 0.2) is 11.6 Å². The van der Waals surface area contributed by atoms with Gasteiger partial charge in [0.05, 0.1) is 48.3 Å². The molecule has 0 aromatic rings. The van der Waals surface area contributed by atoms with Gasteiger partial charge in [-0.2, -0.15) is 0 Å². The molecule has 15 nitrogen and oxygen atoms in total. The fraction of sp³-hybridized carbons (Fsp3) is 0.932. The predicted octanol–water partition coefficient (Wildman–Crippen LogP) is 3.58. The molecule has 4 saturated heterocycles. The van der Waals surface area contributed by atoms with Gasteiger partial charge in [-0.3, -0.25) is 0 Å². The van der Waals surface area contributed by atoms with E-state index in [2.05, 4.69) is 6.92 Å². The number of hydrogen-bond donors (Lipinski definition) is 5. The van der Waals surface area contributed by atoms with Crippen LogP contribution in [0.3, 0.4) is 0 Å². The highest BCUT2D eigenvalue weighted by Crippen LogP contribution is 2.70. The number of ether oxygens (including phenoxy) is 9. The van der Waals surface area contributed by atoms with E-state index in [4.69, 9.17) is 42.6 Å². The third-order valence-corrected chi connectivity index (χ3v) is 16.5. The van der Waals surface area contributed by atoms with E-state index in [-0.39, 0.29) is 80.4 Å². The number of carbonyl (C=O) groups is 1. The maximum Gasteiger partial charge on any atom is 0.331 e. The third-order valence-electron chi connectivity index (χ3n) is 16.5. The van der Waals surface area contributed by atoms with Crippen LogP contribution in [0.5, 0.6) is 0 Å². The van der Waals surface area contributed by atoms with Gasteiger partial charge >= 0.3 is 5.97 Å². The Hall–Kier alpha value is -1.31. The number of rotatable bonds is 7. The summed E-state index contributed by atoms with van der Waals surface area (Å²) in [5.41, 5.74) is -0.917. The molecule has 0 radical (unpaired) electrons. The van der Waals surface area contributed by atoms with Crippen molar-refractivity contribution in [1.29, 1.82) is 0 Å². The Morgan fingerprint density at radius 1 is 0.729 bits per heavy atom. The van der Waals surface area contributed by atoms with Crippen molar-refractivity contribution in [2.24, 2.45) is 34.5 Å². The Morgan fingerprint density at radius 3 is 2.10 bits per heavy atom. The highest BCUT2D eigenvalue weighted by atomic mass is 16.8. The summed E-state index contributed by atoms with van der Waals surface area (Å²) in [5.74, 6) is -0.566. The van der Waals surface area contributed by atoms with Crippen LogP contribution in [-0.4, -0.2) is 136 Å². The van der Waals surface area contributed by atoms with Crippen LogP contribution in [-0.2, 0) is 47.4 Å². The number of esters is 1. The van der Waals surface area contributed by atoms with Gasteiger partial charge < -0.3 is 68.2 Å². The Bertz CT molecular complexity index is 1550. The van der Waals surface area contributed by atoms with Crippen LogP contribution >= 0.6 is 0 Å². The summed E-state index contributed by atoms with van der Waals surface area (Å²) in [6.07, 6.45) is -1.43. The van der Waals surface area contributed by atoms with Crippen LogP contribution in [0.25, 0.3) is 0 Å². The van der Waals surface area contributed by atoms with Crippen molar-refractivity contribution in [3.05, 3.63) is 11.6 Å². The second-order valence-corrected chi connectivity index (χ2v) is 20.1. The molecule has 5 aliphatic heterocycles. The monoisotopic (exact) mass is 838 g/mol. The minimum absolute atomic E-state index is 0. The summed E-state index contributed by atoms with van der Waals surface area (Å²) in [4.78, 5) is 12.0. The summed E-state index contributed by atoms with van der Waals surface area (Å²) >= 11 is 0. The molecule has 5 heterocycles. The number of aliphatic hydroxyl groups excluding tert-OH is 4. The molecule has 4 saturated carbocycles. The lowest BCUT2D eigenvalue weighted by Crippen LogP contribution is -2.67. The van der Waals surface area contributed by atoms with Gasteiger partial charge in [-0.25, -0.2) is 4.79 Å². The summed E-state index contributed by atoms with van der Waals surface area (Å²) in [5, 5.41) is 57.7. The largest absolute Gasteiger partial charge is 0.458 e. The molecule has 0 bridgehead atoms. The minimum atomic E-state index is -1.50. The second-order valence-electron chi connectivity index (χ2n) is 20.1. The Morgan fingerprint density at radius 2 is 1.41 bits per heavy atom. The molecule has 0 spiro atoms. The second kappa shape index (κ2) is 16.0. The predicted molar refractivity (Wildman–Crippen MR) is 208 cm³/mol. The van der Waals surface area contributed by atoms with Crippen LogP contribution in [0.4, 0.5) is 0 Å². The van der Waals surface area contributed by atoms with Crippen molar-refractivity contribution in [3.8, 4) is 0 Å². The van der Waals surface area contributed by atoms with Gasteiger partial charge in [0.2, 0.25) is 0 Å². The molecular weight excluding hydrogens is 768 g/mol. The molecule has 15 heteroatoms. The Kier molecular flexibility index (Phi) is 12.0. The summed E-state index contributed by atoms with van der Waals surface area (Å²) in [6, 6.07) is 0. The van der Waals surface area contributed by atoms with Crippen molar-refractivity contribution >= 4 is 5.97 Å². The average molecular weight is 839 g/mol. The zero-order valence-corrected chi connectivity index (χ0v) is 34.8. The summed E-state index contributed by atoms with van der Waals surface area (Å²) in [7, 11) is 0. The van der Waals surface area contributed by atoms with Crippen LogP contribution in [0, 0.1) is 34.5 Å². The molecule has 4 aliphatic carbocycles. The summed E-state index contributed by atoms with van der Waals surface area (Å²) < 4.78 is 54.0.